The summed E-state index contributed by atoms with van der Waals surface area (Å²) in [5, 5.41) is 0.260. The molecule has 1 aliphatic heterocycles. The van der Waals surface area contributed by atoms with Crippen LogP contribution in [0.5, 0.6) is 0 Å². The van der Waals surface area contributed by atoms with Crippen molar-refractivity contribution in [3.8, 4) is 0 Å². The van der Waals surface area contributed by atoms with Gasteiger partial charge in [0.05, 0.1) is 6.20 Å². The van der Waals surface area contributed by atoms with Crippen LogP contribution >= 0.6 is 11.6 Å². The molecule has 2 rings (SSSR count). The maximum atomic E-state index is 13.0. The minimum atomic E-state index is -0.435. The highest BCUT2D eigenvalue weighted by atomic mass is 35.5. The zero-order chi connectivity index (χ0) is 12.4. The summed E-state index contributed by atoms with van der Waals surface area (Å²) in [5.41, 5.74) is 0.580. The molecule has 0 aliphatic carbocycles. The predicted molar refractivity (Wildman–Crippen MR) is 62.9 cm³/mol. The number of aromatic nitrogens is 1. The van der Waals surface area contributed by atoms with Gasteiger partial charge in [-0.15, -0.1) is 0 Å². The number of halogens is 2. The summed E-state index contributed by atoms with van der Waals surface area (Å²) in [6.45, 7) is 4.23. The van der Waals surface area contributed by atoms with E-state index < -0.39 is 5.82 Å². The fourth-order valence-electron chi connectivity index (χ4n) is 2.01. The van der Waals surface area contributed by atoms with Crippen LogP contribution in [0, 0.1) is 11.7 Å². The monoisotopic (exact) mass is 254 g/mol. The van der Waals surface area contributed by atoms with E-state index in [0.717, 1.165) is 12.6 Å². The van der Waals surface area contributed by atoms with Crippen LogP contribution in [-0.4, -0.2) is 22.3 Å². The molecule has 1 fully saturated rings. The van der Waals surface area contributed by atoms with Crippen LogP contribution in [-0.2, 0) is 11.2 Å². The van der Waals surface area contributed by atoms with Gasteiger partial charge in [-0.05, 0) is 30.7 Å². The van der Waals surface area contributed by atoms with Crippen LogP contribution in [0.15, 0.2) is 25.0 Å². The van der Waals surface area contributed by atoms with Crippen molar-refractivity contribution in [2.45, 2.75) is 12.8 Å². The second-order valence-electron chi connectivity index (χ2n) is 4.01. The number of nitrogens with zero attached hydrogens (tertiary/aromatic N) is 2. The Bertz CT molecular complexity index is 464. The van der Waals surface area contributed by atoms with Gasteiger partial charge in [-0.2, -0.15) is 0 Å². The number of hydrogen-bond acceptors (Lipinski definition) is 2. The van der Waals surface area contributed by atoms with Crippen molar-refractivity contribution in [2.75, 3.05) is 6.54 Å². The molecule has 1 unspecified atom stereocenters. The first-order valence-corrected chi connectivity index (χ1v) is 5.72. The van der Waals surface area contributed by atoms with Gasteiger partial charge in [-0.3, -0.25) is 4.79 Å². The summed E-state index contributed by atoms with van der Waals surface area (Å²) in [5.74, 6) is -0.579. The Balaban J connectivity index is 2.14. The molecule has 1 atom stereocenters. The maximum Gasteiger partial charge on any atom is 0.230 e. The molecule has 1 saturated heterocycles. The van der Waals surface area contributed by atoms with Crippen LogP contribution < -0.4 is 0 Å². The van der Waals surface area contributed by atoms with Crippen molar-refractivity contribution in [3.63, 3.8) is 0 Å². The molecule has 1 aliphatic rings. The topological polar surface area (TPSA) is 33.2 Å². The van der Waals surface area contributed by atoms with Gasteiger partial charge in [0.1, 0.15) is 11.0 Å². The molecule has 0 saturated carbocycles. The molecule has 0 N–H and O–H groups in total. The van der Waals surface area contributed by atoms with Crippen LogP contribution in [0.3, 0.4) is 0 Å². The third-order valence-corrected chi connectivity index (χ3v) is 3.26. The molecule has 3 nitrogen and oxygen atoms in total. The lowest BCUT2D eigenvalue weighted by atomic mass is 9.99. The van der Waals surface area contributed by atoms with Crippen LogP contribution in [0.4, 0.5) is 4.39 Å². The first-order valence-electron chi connectivity index (χ1n) is 5.34. The Hall–Kier alpha value is -1.42. The quantitative estimate of drug-likeness (QED) is 0.776. The summed E-state index contributed by atoms with van der Waals surface area (Å²) in [6, 6.07) is 1.33. The van der Waals surface area contributed by atoms with Crippen molar-refractivity contribution in [2.24, 2.45) is 5.92 Å². The molecule has 1 aromatic heterocycles. The van der Waals surface area contributed by atoms with Gasteiger partial charge in [-0.25, -0.2) is 9.37 Å². The Morgan fingerprint density at radius 1 is 1.71 bits per heavy atom. The molecule has 90 valence electrons. The van der Waals surface area contributed by atoms with Gasteiger partial charge in [0, 0.05) is 12.5 Å². The van der Waals surface area contributed by atoms with Crippen molar-refractivity contribution in [1.82, 2.24) is 9.88 Å². The Morgan fingerprint density at radius 2 is 2.47 bits per heavy atom. The third kappa shape index (κ3) is 2.47. The Morgan fingerprint density at radius 3 is 3.12 bits per heavy atom. The minimum absolute atomic E-state index is 0.0142. The first kappa shape index (κ1) is 12.0. The van der Waals surface area contributed by atoms with Crippen molar-refractivity contribution in [1.29, 1.82) is 0 Å². The number of carbonyl (C=O) groups is 1. The lowest BCUT2D eigenvalue weighted by molar-refractivity contribution is -0.128. The zero-order valence-electron chi connectivity index (χ0n) is 9.20. The van der Waals surface area contributed by atoms with E-state index in [-0.39, 0.29) is 17.0 Å². The number of likely N-dealkylation sites (tertiary alicyclic amines) is 1. The highest BCUT2D eigenvalue weighted by molar-refractivity contribution is 6.30. The number of amides is 1. The molecule has 0 bridgehead atoms. The maximum absolute atomic E-state index is 13.0. The summed E-state index contributed by atoms with van der Waals surface area (Å²) >= 11 is 5.87. The number of carbonyl (C=O) groups excluding carboxylic acids is 1. The summed E-state index contributed by atoms with van der Waals surface area (Å²) in [7, 11) is 0. The predicted octanol–water partition coefficient (Wildman–Crippen LogP) is 2.41. The molecule has 0 aromatic carbocycles. The van der Waals surface area contributed by atoms with E-state index in [9.17, 15) is 9.18 Å². The van der Waals surface area contributed by atoms with Gasteiger partial charge in [0.2, 0.25) is 5.91 Å². The molecule has 0 radical (unpaired) electrons. The van der Waals surface area contributed by atoms with E-state index in [2.05, 4.69) is 11.6 Å². The number of hydrogen-bond donors (Lipinski definition) is 0. The molecule has 1 aromatic rings. The standard InChI is InChI=1S/C12H12ClFN2O/c1-2-16-4-3-8(12(16)17)5-9-6-10(14)7-15-11(9)13/h2,6-8H,1,3-5H2. The van der Waals surface area contributed by atoms with E-state index >= 15 is 0 Å². The van der Waals surface area contributed by atoms with Gasteiger partial charge < -0.3 is 4.90 Å². The average Bonchev–Trinajstić information content (AvgIpc) is 2.65. The molecule has 2 heterocycles. The molecule has 1 amide bonds. The molecule has 0 spiro atoms. The lowest BCUT2D eigenvalue weighted by Gasteiger charge is -2.11. The van der Waals surface area contributed by atoms with Gasteiger partial charge >= 0.3 is 0 Å². The smallest absolute Gasteiger partial charge is 0.230 e. The third-order valence-electron chi connectivity index (χ3n) is 2.92. The summed E-state index contributed by atoms with van der Waals surface area (Å²) < 4.78 is 13.0. The Labute approximate surface area is 104 Å². The van der Waals surface area contributed by atoms with Crippen LogP contribution in [0.1, 0.15) is 12.0 Å². The largest absolute Gasteiger partial charge is 0.319 e. The van der Waals surface area contributed by atoms with E-state index in [1.807, 2.05) is 0 Å². The summed E-state index contributed by atoms with van der Waals surface area (Å²) in [6.07, 6.45) is 3.75. The van der Waals surface area contributed by atoms with Crippen molar-refractivity contribution < 1.29 is 9.18 Å². The zero-order valence-corrected chi connectivity index (χ0v) is 9.95. The van der Waals surface area contributed by atoms with E-state index in [4.69, 9.17) is 11.6 Å². The van der Waals surface area contributed by atoms with E-state index in [0.29, 0.717) is 18.5 Å². The van der Waals surface area contributed by atoms with Crippen molar-refractivity contribution in [3.05, 3.63) is 41.6 Å². The van der Waals surface area contributed by atoms with Crippen LogP contribution in [0.25, 0.3) is 0 Å². The van der Waals surface area contributed by atoms with E-state index in [1.54, 1.807) is 4.90 Å². The second-order valence-corrected chi connectivity index (χ2v) is 4.37. The highest BCUT2D eigenvalue weighted by Gasteiger charge is 2.30. The molecular weight excluding hydrogens is 243 g/mol. The van der Waals surface area contributed by atoms with Gasteiger partial charge in [0.25, 0.3) is 0 Å². The highest BCUT2D eigenvalue weighted by Crippen LogP contribution is 2.25. The minimum Gasteiger partial charge on any atom is -0.319 e. The van der Waals surface area contributed by atoms with E-state index in [1.165, 1.54) is 12.3 Å². The fourth-order valence-corrected chi connectivity index (χ4v) is 2.19. The van der Waals surface area contributed by atoms with Gasteiger partial charge in [0.15, 0.2) is 0 Å². The molecular formula is C12H12ClFN2O. The fraction of sp³-hybridized carbons (Fsp3) is 0.333. The van der Waals surface area contributed by atoms with Gasteiger partial charge in [-0.1, -0.05) is 18.2 Å². The Kier molecular flexibility index (Phi) is 3.43. The SMILES string of the molecule is C=CN1CCC(Cc2cc(F)cnc2Cl)C1=O. The van der Waals surface area contributed by atoms with Crippen molar-refractivity contribution >= 4 is 17.5 Å². The number of pyridine rings is 1. The first-order chi connectivity index (χ1) is 8.11. The second kappa shape index (κ2) is 4.84. The summed E-state index contributed by atoms with van der Waals surface area (Å²) in [4.78, 5) is 17.1. The normalized spacial score (nSPS) is 19.8. The molecule has 5 heteroatoms. The lowest BCUT2D eigenvalue weighted by Crippen LogP contribution is -2.22. The average molecular weight is 255 g/mol. The molecule has 17 heavy (non-hydrogen) atoms. The van der Waals surface area contributed by atoms with Crippen LogP contribution in [0.2, 0.25) is 5.15 Å². The number of rotatable bonds is 3.